The van der Waals surface area contributed by atoms with Crippen LogP contribution in [0.15, 0.2) is 53.3 Å². The molecule has 1 aromatic carbocycles. The van der Waals surface area contributed by atoms with E-state index in [-0.39, 0.29) is 11.9 Å². The number of para-hydroxylation sites is 1. The van der Waals surface area contributed by atoms with Gasteiger partial charge in [-0.2, -0.15) is 0 Å². The monoisotopic (exact) mass is 284 g/mol. The van der Waals surface area contributed by atoms with Crippen LogP contribution in [0.2, 0.25) is 0 Å². The number of aromatic amines is 1. The Kier molecular flexibility index (Phi) is 3.75. The first-order chi connectivity index (χ1) is 10.2. The molecule has 0 saturated heterocycles. The Bertz CT molecular complexity index is 731. The standard InChI is InChI=1S/C16H17N3O2/c17-14(16(20)19-10-12-4-3-7-21-12)8-11-9-18-15-6-2-1-5-13(11)15/h1-7,9,14,18H,8,10,17H2,(H,19,20)/p+1/t14-/m1/s1. The zero-order chi connectivity index (χ0) is 14.7. The molecule has 0 aliphatic heterocycles. The Hall–Kier alpha value is -2.53. The number of amides is 1. The number of benzene rings is 1. The molecule has 3 rings (SSSR count). The second-order valence-electron chi connectivity index (χ2n) is 5.06. The van der Waals surface area contributed by atoms with Crippen LogP contribution in [0.4, 0.5) is 0 Å². The van der Waals surface area contributed by atoms with Crippen molar-refractivity contribution in [2.24, 2.45) is 0 Å². The SMILES string of the molecule is [NH3+][C@H](Cc1c[nH]c2ccccc12)C(=O)NCc1ccco1. The molecular formula is C16H18N3O2+. The van der Waals surface area contributed by atoms with Crippen molar-refractivity contribution >= 4 is 16.8 Å². The molecule has 0 aliphatic carbocycles. The molecule has 0 aliphatic rings. The normalized spacial score (nSPS) is 12.4. The zero-order valence-corrected chi connectivity index (χ0v) is 11.6. The summed E-state index contributed by atoms with van der Waals surface area (Å²) in [6.45, 7) is 0.395. The smallest absolute Gasteiger partial charge is 0.278 e. The lowest BCUT2D eigenvalue weighted by Crippen LogP contribution is -2.68. The van der Waals surface area contributed by atoms with E-state index in [9.17, 15) is 4.79 Å². The van der Waals surface area contributed by atoms with E-state index < -0.39 is 0 Å². The summed E-state index contributed by atoms with van der Waals surface area (Å²) in [6, 6.07) is 11.4. The minimum atomic E-state index is -0.334. The van der Waals surface area contributed by atoms with Gasteiger partial charge in [0.1, 0.15) is 5.76 Å². The van der Waals surface area contributed by atoms with E-state index in [2.05, 4.69) is 22.1 Å². The lowest BCUT2D eigenvalue weighted by molar-refractivity contribution is -0.403. The molecule has 5 N–H and O–H groups in total. The fraction of sp³-hybridized carbons (Fsp3) is 0.188. The second-order valence-corrected chi connectivity index (χ2v) is 5.06. The fourth-order valence-electron chi connectivity index (χ4n) is 2.39. The Morgan fingerprint density at radius 3 is 2.95 bits per heavy atom. The minimum Gasteiger partial charge on any atom is -0.467 e. The van der Waals surface area contributed by atoms with E-state index in [0.717, 1.165) is 22.2 Å². The van der Waals surface area contributed by atoms with Crippen LogP contribution in [0.1, 0.15) is 11.3 Å². The van der Waals surface area contributed by atoms with E-state index >= 15 is 0 Å². The molecule has 21 heavy (non-hydrogen) atoms. The topological polar surface area (TPSA) is 85.7 Å². The molecule has 0 unspecified atom stereocenters. The number of nitrogens with one attached hydrogen (secondary N) is 2. The first-order valence-corrected chi connectivity index (χ1v) is 6.92. The van der Waals surface area contributed by atoms with Gasteiger partial charge in [-0.3, -0.25) is 4.79 Å². The highest BCUT2D eigenvalue weighted by Gasteiger charge is 2.19. The molecule has 108 valence electrons. The molecule has 1 atom stereocenters. The van der Waals surface area contributed by atoms with Crippen LogP contribution in [0.5, 0.6) is 0 Å². The van der Waals surface area contributed by atoms with Gasteiger partial charge in [0.15, 0.2) is 6.04 Å². The summed E-state index contributed by atoms with van der Waals surface area (Å²) in [6.07, 6.45) is 4.14. The maximum atomic E-state index is 12.1. The van der Waals surface area contributed by atoms with Crippen molar-refractivity contribution < 1.29 is 14.9 Å². The third kappa shape index (κ3) is 2.98. The summed E-state index contributed by atoms with van der Waals surface area (Å²) in [5.41, 5.74) is 6.15. The lowest BCUT2D eigenvalue weighted by atomic mass is 10.1. The van der Waals surface area contributed by atoms with Gasteiger partial charge in [0, 0.05) is 23.5 Å². The molecule has 0 saturated carbocycles. The molecule has 0 radical (unpaired) electrons. The van der Waals surface area contributed by atoms with Gasteiger partial charge in [0.2, 0.25) is 0 Å². The summed E-state index contributed by atoms with van der Waals surface area (Å²) >= 11 is 0. The number of carbonyl (C=O) groups is 1. The number of aromatic nitrogens is 1. The summed E-state index contributed by atoms with van der Waals surface area (Å²) in [5.74, 6) is 0.666. The number of carbonyl (C=O) groups excluding carboxylic acids is 1. The molecule has 0 spiro atoms. The molecule has 5 heteroatoms. The van der Waals surface area contributed by atoms with E-state index in [1.807, 2.05) is 30.5 Å². The number of fused-ring (bicyclic) bond motifs is 1. The zero-order valence-electron chi connectivity index (χ0n) is 11.6. The summed E-state index contributed by atoms with van der Waals surface area (Å²) in [7, 11) is 0. The van der Waals surface area contributed by atoms with Gasteiger partial charge in [-0.15, -0.1) is 0 Å². The molecule has 2 aromatic heterocycles. The minimum absolute atomic E-state index is 0.0725. The summed E-state index contributed by atoms with van der Waals surface area (Å²) < 4.78 is 5.19. The maximum absolute atomic E-state index is 12.1. The van der Waals surface area contributed by atoms with Crippen molar-refractivity contribution in [2.75, 3.05) is 0 Å². The van der Waals surface area contributed by atoms with Gasteiger partial charge >= 0.3 is 0 Å². The van der Waals surface area contributed by atoms with Gasteiger partial charge in [0.25, 0.3) is 5.91 Å². The predicted octanol–water partition coefficient (Wildman–Crippen LogP) is 1.23. The number of furan rings is 1. The maximum Gasteiger partial charge on any atom is 0.278 e. The molecule has 1 amide bonds. The second kappa shape index (κ2) is 5.85. The van der Waals surface area contributed by atoms with Gasteiger partial charge in [-0.05, 0) is 23.8 Å². The van der Waals surface area contributed by atoms with Crippen molar-refractivity contribution in [3.63, 3.8) is 0 Å². The number of hydrogen-bond acceptors (Lipinski definition) is 2. The van der Waals surface area contributed by atoms with Crippen molar-refractivity contribution in [1.29, 1.82) is 0 Å². The molecule has 0 fully saturated rings. The number of rotatable bonds is 5. The van der Waals surface area contributed by atoms with Crippen molar-refractivity contribution in [2.45, 2.75) is 19.0 Å². The van der Waals surface area contributed by atoms with Gasteiger partial charge in [0.05, 0.1) is 12.8 Å². The Morgan fingerprint density at radius 2 is 2.14 bits per heavy atom. The first-order valence-electron chi connectivity index (χ1n) is 6.92. The van der Waals surface area contributed by atoms with Crippen LogP contribution < -0.4 is 11.1 Å². The largest absolute Gasteiger partial charge is 0.467 e. The quantitative estimate of drug-likeness (QED) is 0.658. The Balaban J connectivity index is 1.62. The van der Waals surface area contributed by atoms with E-state index in [1.165, 1.54) is 0 Å². The summed E-state index contributed by atoms with van der Waals surface area (Å²) in [4.78, 5) is 15.3. The molecule has 2 heterocycles. The summed E-state index contributed by atoms with van der Waals surface area (Å²) in [5, 5.41) is 3.98. The van der Waals surface area contributed by atoms with Gasteiger partial charge in [-0.1, -0.05) is 18.2 Å². The third-order valence-electron chi connectivity index (χ3n) is 3.53. The van der Waals surface area contributed by atoms with Crippen LogP contribution in [0, 0.1) is 0 Å². The number of quaternary nitrogens is 1. The van der Waals surface area contributed by atoms with Gasteiger partial charge < -0.3 is 20.5 Å². The van der Waals surface area contributed by atoms with Crippen molar-refractivity contribution in [3.8, 4) is 0 Å². The number of hydrogen-bond donors (Lipinski definition) is 3. The Labute approximate surface area is 122 Å². The third-order valence-corrected chi connectivity index (χ3v) is 3.53. The van der Waals surface area contributed by atoms with Crippen LogP contribution in [-0.4, -0.2) is 16.9 Å². The first kappa shape index (κ1) is 13.5. The fourth-order valence-corrected chi connectivity index (χ4v) is 2.39. The van der Waals surface area contributed by atoms with E-state index in [1.54, 1.807) is 12.3 Å². The van der Waals surface area contributed by atoms with E-state index in [4.69, 9.17) is 4.42 Å². The van der Waals surface area contributed by atoms with Crippen molar-refractivity contribution in [1.82, 2.24) is 10.3 Å². The Morgan fingerprint density at radius 1 is 1.29 bits per heavy atom. The van der Waals surface area contributed by atoms with Crippen LogP contribution in [-0.2, 0) is 17.8 Å². The highest BCUT2D eigenvalue weighted by molar-refractivity contribution is 5.85. The number of H-pyrrole nitrogens is 1. The lowest BCUT2D eigenvalue weighted by Gasteiger charge is -2.08. The van der Waals surface area contributed by atoms with Gasteiger partial charge in [-0.25, -0.2) is 0 Å². The predicted molar refractivity (Wildman–Crippen MR) is 79.2 cm³/mol. The average Bonchev–Trinajstić information content (AvgIpc) is 3.15. The molecular weight excluding hydrogens is 266 g/mol. The molecule has 3 aromatic rings. The highest BCUT2D eigenvalue weighted by atomic mass is 16.3. The van der Waals surface area contributed by atoms with Crippen LogP contribution in [0.3, 0.4) is 0 Å². The van der Waals surface area contributed by atoms with Crippen molar-refractivity contribution in [3.05, 3.63) is 60.2 Å². The molecule has 0 bridgehead atoms. The average molecular weight is 284 g/mol. The molecule has 5 nitrogen and oxygen atoms in total. The highest BCUT2D eigenvalue weighted by Crippen LogP contribution is 2.18. The van der Waals surface area contributed by atoms with E-state index in [0.29, 0.717) is 13.0 Å². The van der Waals surface area contributed by atoms with Crippen LogP contribution in [0.25, 0.3) is 10.9 Å². The van der Waals surface area contributed by atoms with Crippen LogP contribution >= 0.6 is 0 Å².